The van der Waals surface area contributed by atoms with Crippen LogP contribution in [0.3, 0.4) is 0 Å². The van der Waals surface area contributed by atoms with Gasteiger partial charge < -0.3 is 34.9 Å². The minimum absolute atomic E-state index is 0.0670. The Morgan fingerprint density at radius 1 is 0.947 bits per heavy atom. The van der Waals surface area contributed by atoms with Crippen LogP contribution in [0.2, 0.25) is 5.02 Å². The number of hydrogen-bond donors (Lipinski definition) is 3. The van der Waals surface area contributed by atoms with E-state index in [9.17, 15) is 20.4 Å². The molecule has 7 rings (SSSR count). The molecule has 1 amide bonds. The number of hydrogen-bond acceptors (Lipinski definition) is 9. The zero-order valence-electron chi connectivity index (χ0n) is 32.7. The van der Waals surface area contributed by atoms with Crippen molar-refractivity contribution >= 4 is 17.5 Å². The maximum atomic E-state index is 11.7. The van der Waals surface area contributed by atoms with Crippen molar-refractivity contribution in [3.63, 3.8) is 0 Å². The molecule has 2 aliphatic heterocycles. The molecule has 2 saturated heterocycles. The lowest BCUT2D eigenvalue weighted by Gasteiger charge is -2.35. The summed E-state index contributed by atoms with van der Waals surface area (Å²) in [4.78, 5) is 14.1. The fourth-order valence-corrected chi connectivity index (χ4v) is 8.38. The third-order valence-electron chi connectivity index (χ3n) is 11.4. The molecule has 3 aliphatic rings. The second-order valence-corrected chi connectivity index (χ2v) is 16.2. The summed E-state index contributed by atoms with van der Waals surface area (Å²) < 4.78 is 19.4. The summed E-state index contributed by atoms with van der Waals surface area (Å²) in [7, 11) is 0. The van der Waals surface area contributed by atoms with E-state index in [1.807, 2.05) is 25.1 Å². The molecule has 2 atom stereocenters. The van der Waals surface area contributed by atoms with E-state index < -0.39 is 5.60 Å². The molecule has 296 valence electrons. The van der Waals surface area contributed by atoms with E-state index in [0.717, 1.165) is 86.2 Å². The lowest BCUT2D eigenvalue weighted by molar-refractivity contribution is -0.119. The molecule has 1 aliphatic carbocycles. The van der Waals surface area contributed by atoms with Gasteiger partial charge in [0.2, 0.25) is 5.91 Å². The third kappa shape index (κ3) is 9.90. The molecule has 2 heterocycles. The number of nitrogens with one attached hydrogen (secondary N) is 2. The van der Waals surface area contributed by atoms with E-state index in [0.29, 0.717) is 59.3 Å². The number of benzene rings is 4. The van der Waals surface area contributed by atoms with E-state index in [2.05, 4.69) is 64.9 Å². The number of likely N-dealkylation sites (tertiary alicyclic amines) is 1. The quantitative estimate of drug-likeness (QED) is 0.104. The Morgan fingerprint density at radius 3 is 2.44 bits per heavy atom. The third-order valence-corrected chi connectivity index (χ3v) is 11.7. The van der Waals surface area contributed by atoms with Gasteiger partial charge in [-0.25, -0.2) is 0 Å². The van der Waals surface area contributed by atoms with Crippen LogP contribution in [0.5, 0.6) is 17.2 Å². The van der Waals surface area contributed by atoms with Gasteiger partial charge in [-0.2, -0.15) is 10.5 Å². The molecule has 0 spiro atoms. The first-order chi connectivity index (χ1) is 27.6. The van der Waals surface area contributed by atoms with E-state index in [4.69, 9.17) is 25.8 Å². The smallest absolute Gasteiger partial charge is 0.220 e. The molecule has 10 nitrogen and oxygen atoms in total. The molecule has 0 radical (unpaired) electrons. The summed E-state index contributed by atoms with van der Waals surface area (Å²) in [5, 5.41) is 36.2. The van der Waals surface area contributed by atoms with Gasteiger partial charge >= 0.3 is 0 Å². The number of carbonyl (C=O) groups is 1. The van der Waals surface area contributed by atoms with Crippen LogP contribution >= 0.6 is 11.6 Å². The molecule has 2 fully saturated rings. The second-order valence-electron chi connectivity index (χ2n) is 15.7. The highest BCUT2D eigenvalue weighted by atomic mass is 35.5. The zero-order valence-corrected chi connectivity index (χ0v) is 33.5. The standard InChI is InChI=1S/C46H50ClN5O5/c1-30-36(6-4-9-41(30)55-19-5-16-52-17-14-46(2,54)15-18-52)37-7-3-8-39-38(37)11-12-42(39)57-44-24-43(56-29-33-21-31(25-48)20-32(22-33)26-49)34(23-40(44)47)27-50-28-35-10-13-45(53)51-35/h3-4,6-9,20-24,35,42,50,54H,5,10-19,27-29H2,1-2H3,(H,51,53)/t35-,42-/m0/s1. The van der Waals surface area contributed by atoms with Crippen molar-refractivity contribution < 1.29 is 24.1 Å². The SMILES string of the molecule is Cc1c(OCCCN2CCC(C)(O)CC2)cccc1-c1cccc2c1CC[C@@H]2Oc1cc(OCc2cc(C#N)cc(C#N)c2)c(CNC[C@@H]2CCC(=O)N2)cc1Cl. The number of aliphatic hydroxyl groups is 1. The summed E-state index contributed by atoms with van der Waals surface area (Å²) in [6.07, 6.45) is 5.28. The Balaban J connectivity index is 1.06. The minimum Gasteiger partial charge on any atom is -0.493 e. The number of piperidine rings is 1. The molecular weight excluding hydrogens is 738 g/mol. The number of carbonyl (C=O) groups excluding carboxylic acids is 1. The normalized spacial score (nSPS) is 18.7. The summed E-state index contributed by atoms with van der Waals surface area (Å²) in [5.41, 5.74) is 7.56. The van der Waals surface area contributed by atoms with Gasteiger partial charge in [-0.3, -0.25) is 4.79 Å². The van der Waals surface area contributed by atoms with Gasteiger partial charge in [-0.15, -0.1) is 0 Å². The van der Waals surface area contributed by atoms with E-state index in [1.54, 1.807) is 18.2 Å². The molecule has 4 aromatic rings. The van der Waals surface area contributed by atoms with Crippen molar-refractivity contribution in [3.8, 4) is 40.5 Å². The van der Waals surface area contributed by atoms with Gasteiger partial charge in [-0.1, -0.05) is 41.9 Å². The molecule has 4 aromatic carbocycles. The summed E-state index contributed by atoms with van der Waals surface area (Å²) in [5.74, 6) is 2.04. The monoisotopic (exact) mass is 787 g/mol. The molecule has 11 heteroatoms. The number of nitrogens with zero attached hydrogens (tertiary/aromatic N) is 3. The Morgan fingerprint density at radius 2 is 1.70 bits per heavy atom. The molecule has 3 N–H and O–H groups in total. The molecule has 0 bridgehead atoms. The number of rotatable bonds is 15. The van der Waals surface area contributed by atoms with Crippen molar-refractivity contribution in [3.05, 3.63) is 111 Å². The number of amides is 1. The maximum Gasteiger partial charge on any atom is 0.220 e. The van der Waals surface area contributed by atoms with Crippen LogP contribution in [0.25, 0.3) is 11.1 Å². The summed E-state index contributed by atoms with van der Waals surface area (Å²) >= 11 is 6.94. The van der Waals surface area contributed by atoms with Crippen LogP contribution < -0.4 is 24.8 Å². The first kappa shape index (κ1) is 40.1. The maximum absolute atomic E-state index is 11.7. The van der Waals surface area contributed by atoms with Crippen molar-refractivity contribution in [2.45, 2.75) is 89.7 Å². The molecule has 0 unspecified atom stereocenters. The van der Waals surface area contributed by atoms with Crippen molar-refractivity contribution in [1.82, 2.24) is 15.5 Å². The Bertz CT molecular complexity index is 2150. The largest absolute Gasteiger partial charge is 0.493 e. The zero-order chi connectivity index (χ0) is 39.9. The molecule has 0 aromatic heterocycles. The average molecular weight is 788 g/mol. The summed E-state index contributed by atoms with van der Waals surface area (Å²) in [6, 6.07) is 25.6. The highest BCUT2D eigenvalue weighted by Gasteiger charge is 2.29. The predicted molar refractivity (Wildman–Crippen MR) is 219 cm³/mol. The van der Waals surface area contributed by atoms with Crippen LogP contribution in [-0.4, -0.2) is 60.3 Å². The number of ether oxygens (including phenoxy) is 3. The Hall–Kier alpha value is -5.10. The Kier molecular flexibility index (Phi) is 12.7. The predicted octanol–water partition coefficient (Wildman–Crippen LogP) is 7.69. The summed E-state index contributed by atoms with van der Waals surface area (Å²) in [6.45, 7) is 8.67. The van der Waals surface area contributed by atoms with Gasteiger partial charge in [0, 0.05) is 56.8 Å². The second kappa shape index (κ2) is 18.0. The highest BCUT2D eigenvalue weighted by Crippen LogP contribution is 2.44. The van der Waals surface area contributed by atoms with E-state index in [-0.39, 0.29) is 24.7 Å². The van der Waals surface area contributed by atoms with Crippen LogP contribution in [-0.2, 0) is 24.4 Å². The lowest BCUT2D eigenvalue weighted by Crippen LogP contribution is -2.42. The first-order valence-electron chi connectivity index (χ1n) is 19.9. The van der Waals surface area contributed by atoms with Gasteiger partial charge in [0.1, 0.15) is 30.0 Å². The van der Waals surface area contributed by atoms with Crippen LogP contribution in [0.1, 0.15) is 90.5 Å². The van der Waals surface area contributed by atoms with Crippen LogP contribution in [0, 0.1) is 29.6 Å². The van der Waals surface area contributed by atoms with Crippen LogP contribution in [0.4, 0.5) is 0 Å². The number of fused-ring (bicyclic) bond motifs is 1. The van der Waals surface area contributed by atoms with Crippen molar-refractivity contribution in [1.29, 1.82) is 10.5 Å². The molecule has 57 heavy (non-hydrogen) atoms. The van der Waals surface area contributed by atoms with E-state index >= 15 is 0 Å². The van der Waals surface area contributed by atoms with Gasteiger partial charge in [0.15, 0.2) is 0 Å². The fourth-order valence-electron chi connectivity index (χ4n) is 8.15. The topological polar surface area (TPSA) is 140 Å². The van der Waals surface area contributed by atoms with Gasteiger partial charge in [-0.05, 0) is 116 Å². The van der Waals surface area contributed by atoms with Gasteiger partial charge in [0.05, 0.1) is 40.5 Å². The minimum atomic E-state index is -0.541. The highest BCUT2D eigenvalue weighted by molar-refractivity contribution is 6.32. The van der Waals surface area contributed by atoms with Gasteiger partial charge in [0.25, 0.3) is 0 Å². The fraction of sp³-hybridized carbons (Fsp3) is 0.413. The first-order valence-corrected chi connectivity index (χ1v) is 20.3. The number of nitriles is 2. The van der Waals surface area contributed by atoms with Crippen molar-refractivity contribution in [2.75, 3.05) is 32.8 Å². The van der Waals surface area contributed by atoms with Crippen molar-refractivity contribution in [2.24, 2.45) is 0 Å². The number of halogens is 1. The average Bonchev–Trinajstić information content (AvgIpc) is 3.83. The lowest BCUT2D eigenvalue weighted by atomic mass is 9.93. The van der Waals surface area contributed by atoms with Crippen LogP contribution in [0.15, 0.2) is 66.7 Å². The Labute approximate surface area is 340 Å². The molecule has 0 saturated carbocycles. The molecular formula is C46H50ClN5O5. The van der Waals surface area contributed by atoms with E-state index in [1.165, 1.54) is 11.1 Å².